The molecule has 0 saturated carbocycles. The molecule has 1 unspecified atom stereocenters. The van der Waals surface area contributed by atoms with Crippen molar-refractivity contribution in [3.05, 3.63) is 18.0 Å². The summed E-state index contributed by atoms with van der Waals surface area (Å²) in [5.74, 6) is 0.712. The van der Waals surface area contributed by atoms with Gasteiger partial charge in [0.25, 0.3) is 0 Å². The number of nitrogens with one attached hydrogen (secondary N) is 1. The second kappa shape index (κ2) is 6.20. The van der Waals surface area contributed by atoms with Crippen molar-refractivity contribution in [2.24, 2.45) is 13.0 Å². The Balaban J connectivity index is 2.48. The van der Waals surface area contributed by atoms with Crippen LogP contribution in [0.15, 0.2) is 12.4 Å². The van der Waals surface area contributed by atoms with Crippen LogP contribution in [-0.4, -0.2) is 21.9 Å². The molecule has 0 radical (unpaired) electrons. The van der Waals surface area contributed by atoms with Crippen molar-refractivity contribution < 1.29 is 0 Å². The van der Waals surface area contributed by atoms with E-state index < -0.39 is 0 Å². The van der Waals surface area contributed by atoms with E-state index in [9.17, 15) is 0 Å². The summed E-state index contributed by atoms with van der Waals surface area (Å²) in [6.45, 7) is 10.0. The molecular formula is C14H27N3. The first-order chi connectivity index (χ1) is 7.90. The SMILES string of the molecule is CCCC(CNC(C)(C)C)Cc1cnn(C)c1. The maximum atomic E-state index is 4.23. The van der Waals surface area contributed by atoms with Gasteiger partial charge < -0.3 is 5.32 Å². The summed E-state index contributed by atoms with van der Waals surface area (Å²) in [7, 11) is 1.98. The van der Waals surface area contributed by atoms with E-state index >= 15 is 0 Å². The summed E-state index contributed by atoms with van der Waals surface area (Å²) >= 11 is 0. The van der Waals surface area contributed by atoms with Gasteiger partial charge in [0.2, 0.25) is 0 Å². The standard InChI is InChI=1S/C14H27N3/c1-6-7-12(9-15-14(2,3)4)8-13-10-16-17(5)11-13/h10-12,15H,6-9H2,1-5H3. The summed E-state index contributed by atoms with van der Waals surface area (Å²) < 4.78 is 1.88. The van der Waals surface area contributed by atoms with Gasteiger partial charge in [-0.1, -0.05) is 13.3 Å². The number of hydrogen-bond acceptors (Lipinski definition) is 2. The van der Waals surface area contributed by atoms with E-state index in [0.29, 0.717) is 5.92 Å². The van der Waals surface area contributed by atoms with Crippen molar-refractivity contribution in [2.45, 2.75) is 52.5 Å². The molecule has 0 aromatic carbocycles. The van der Waals surface area contributed by atoms with Crippen LogP contribution in [0.2, 0.25) is 0 Å². The first-order valence-electron chi connectivity index (χ1n) is 6.63. The fourth-order valence-electron chi connectivity index (χ4n) is 2.05. The van der Waals surface area contributed by atoms with Gasteiger partial charge in [-0.05, 0) is 51.6 Å². The third kappa shape index (κ3) is 5.87. The molecule has 0 bridgehead atoms. The molecule has 1 N–H and O–H groups in total. The minimum Gasteiger partial charge on any atom is -0.312 e. The molecule has 0 saturated heterocycles. The van der Waals surface area contributed by atoms with Crippen LogP contribution in [0, 0.1) is 5.92 Å². The summed E-state index contributed by atoms with van der Waals surface area (Å²) in [5, 5.41) is 7.84. The van der Waals surface area contributed by atoms with Crippen LogP contribution in [0.1, 0.15) is 46.1 Å². The highest BCUT2D eigenvalue weighted by molar-refractivity contribution is 5.05. The number of aromatic nitrogens is 2. The topological polar surface area (TPSA) is 29.9 Å². The lowest BCUT2D eigenvalue weighted by molar-refractivity contribution is 0.355. The summed E-state index contributed by atoms with van der Waals surface area (Å²) in [6.07, 6.45) is 7.76. The molecule has 1 heterocycles. The van der Waals surface area contributed by atoms with E-state index in [1.54, 1.807) is 0 Å². The Hall–Kier alpha value is -0.830. The minimum atomic E-state index is 0.209. The molecule has 1 atom stereocenters. The van der Waals surface area contributed by atoms with Crippen molar-refractivity contribution in [1.29, 1.82) is 0 Å². The quantitative estimate of drug-likeness (QED) is 0.824. The largest absolute Gasteiger partial charge is 0.312 e. The number of hydrogen-bond donors (Lipinski definition) is 1. The minimum absolute atomic E-state index is 0.209. The molecule has 1 aromatic rings. The molecule has 0 aliphatic rings. The zero-order valence-corrected chi connectivity index (χ0v) is 12.0. The van der Waals surface area contributed by atoms with E-state index in [2.05, 4.69) is 44.3 Å². The highest BCUT2D eigenvalue weighted by Gasteiger charge is 2.14. The maximum absolute atomic E-state index is 4.23. The van der Waals surface area contributed by atoms with Crippen molar-refractivity contribution in [3.63, 3.8) is 0 Å². The van der Waals surface area contributed by atoms with Crippen molar-refractivity contribution >= 4 is 0 Å². The number of aryl methyl sites for hydroxylation is 1. The second-order valence-electron chi connectivity index (χ2n) is 6.01. The molecule has 3 heteroatoms. The second-order valence-corrected chi connectivity index (χ2v) is 6.01. The molecule has 17 heavy (non-hydrogen) atoms. The summed E-state index contributed by atoms with van der Waals surface area (Å²) in [4.78, 5) is 0. The lowest BCUT2D eigenvalue weighted by atomic mass is 9.95. The van der Waals surface area contributed by atoms with Gasteiger partial charge in [0.15, 0.2) is 0 Å². The average Bonchev–Trinajstić information content (AvgIpc) is 2.60. The van der Waals surface area contributed by atoms with Crippen molar-refractivity contribution in [3.8, 4) is 0 Å². The van der Waals surface area contributed by atoms with Crippen LogP contribution < -0.4 is 5.32 Å². The van der Waals surface area contributed by atoms with E-state index in [0.717, 1.165) is 13.0 Å². The molecule has 98 valence electrons. The molecule has 0 spiro atoms. The normalized spacial score (nSPS) is 13.9. The van der Waals surface area contributed by atoms with Crippen molar-refractivity contribution in [2.75, 3.05) is 6.54 Å². The van der Waals surface area contributed by atoms with Gasteiger partial charge in [0.05, 0.1) is 6.20 Å². The van der Waals surface area contributed by atoms with Crippen LogP contribution in [0.3, 0.4) is 0 Å². The van der Waals surface area contributed by atoms with E-state index in [4.69, 9.17) is 0 Å². The Kier molecular flexibility index (Phi) is 5.19. The van der Waals surface area contributed by atoms with Gasteiger partial charge in [0, 0.05) is 18.8 Å². The monoisotopic (exact) mass is 237 g/mol. The smallest absolute Gasteiger partial charge is 0.0521 e. The highest BCUT2D eigenvalue weighted by atomic mass is 15.2. The van der Waals surface area contributed by atoms with Crippen molar-refractivity contribution in [1.82, 2.24) is 15.1 Å². The highest BCUT2D eigenvalue weighted by Crippen LogP contribution is 2.14. The lowest BCUT2D eigenvalue weighted by Crippen LogP contribution is -2.39. The van der Waals surface area contributed by atoms with Gasteiger partial charge in [-0.3, -0.25) is 4.68 Å². The first kappa shape index (κ1) is 14.2. The summed E-state index contributed by atoms with van der Waals surface area (Å²) in [6, 6.07) is 0. The number of rotatable bonds is 6. The zero-order chi connectivity index (χ0) is 12.9. The average molecular weight is 237 g/mol. The van der Waals surface area contributed by atoms with Crippen LogP contribution in [0.25, 0.3) is 0 Å². The van der Waals surface area contributed by atoms with Gasteiger partial charge in [-0.15, -0.1) is 0 Å². The molecule has 3 nitrogen and oxygen atoms in total. The van der Waals surface area contributed by atoms with E-state index in [-0.39, 0.29) is 5.54 Å². The predicted molar refractivity (Wildman–Crippen MR) is 73.1 cm³/mol. The molecule has 0 aliphatic heterocycles. The van der Waals surface area contributed by atoms with Crippen LogP contribution >= 0.6 is 0 Å². The first-order valence-corrected chi connectivity index (χ1v) is 6.63. The Morgan fingerprint density at radius 1 is 1.41 bits per heavy atom. The third-order valence-electron chi connectivity index (χ3n) is 2.90. The molecule has 0 fully saturated rings. The Morgan fingerprint density at radius 3 is 2.59 bits per heavy atom. The third-order valence-corrected chi connectivity index (χ3v) is 2.90. The van der Waals surface area contributed by atoms with Crippen LogP contribution in [-0.2, 0) is 13.5 Å². The van der Waals surface area contributed by atoms with E-state index in [1.807, 2.05) is 17.9 Å². The number of nitrogens with zero attached hydrogens (tertiary/aromatic N) is 2. The molecular weight excluding hydrogens is 210 g/mol. The Labute approximate surface area is 106 Å². The van der Waals surface area contributed by atoms with E-state index in [1.165, 1.54) is 18.4 Å². The molecule has 1 aromatic heterocycles. The van der Waals surface area contributed by atoms with Crippen LogP contribution in [0.5, 0.6) is 0 Å². The molecule has 0 amide bonds. The van der Waals surface area contributed by atoms with Crippen LogP contribution in [0.4, 0.5) is 0 Å². The lowest BCUT2D eigenvalue weighted by Gasteiger charge is -2.25. The molecule has 1 rings (SSSR count). The Morgan fingerprint density at radius 2 is 2.12 bits per heavy atom. The fourth-order valence-corrected chi connectivity index (χ4v) is 2.05. The van der Waals surface area contributed by atoms with Gasteiger partial charge in [0.1, 0.15) is 0 Å². The van der Waals surface area contributed by atoms with Gasteiger partial charge in [-0.25, -0.2) is 0 Å². The zero-order valence-electron chi connectivity index (χ0n) is 12.0. The maximum Gasteiger partial charge on any atom is 0.0521 e. The summed E-state index contributed by atoms with van der Waals surface area (Å²) in [5.41, 5.74) is 1.56. The predicted octanol–water partition coefficient (Wildman–Crippen LogP) is 2.77. The van der Waals surface area contributed by atoms with Gasteiger partial charge >= 0.3 is 0 Å². The Bertz CT molecular complexity index is 322. The molecule has 0 aliphatic carbocycles. The van der Waals surface area contributed by atoms with Gasteiger partial charge in [-0.2, -0.15) is 5.10 Å². The fraction of sp³-hybridized carbons (Fsp3) is 0.786.